The summed E-state index contributed by atoms with van der Waals surface area (Å²) in [4.78, 5) is 37.1. The first-order valence-corrected chi connectivity index (χ1v) is 9.31. The van der Waals surface area contributed by atoms with Gasteiger partial charge in [-0.1, -0.05) is 53.7 Å². The number of benzene rings is 2. The van der Waals surface area contributed by atoms with Crippen molar-refractivity contribution in [3.63, 3.8) is 0 Å². The molecule has 3 rings (SSSR count). The van der Waals surface area contributed by atoms with Crippen molar-refractivity contribution in [3.05, 3.63) is 83.6 Å². The Bertz CT molecular complexity index is 1000. The second-order valence-corrected chi connectivity index (χ2v) is 6.56. The summed E-state index contributed by atoms with van der Waals surface area (Å²) in [5.74, 6) is -0.921. The Balaban J connectivity index is 1.63. The van der Waals surface area contributed by atoms with E-state index in [0.717, 1.165) is 5.56 Å². The Morgan fingerprint density at radius 1 is 1.03 bits per heavy atom. The van der Waals surface area contributed by atoms with Crippen molar-refractivity contribution in [2.75, 3.05) is 11.9 Å². The highest BCUT2D eigenvalue weighted by molar-refractivity contribution is 5.97. The second-order valence-electron chi connectivity index (χ2n) is 6.56. The third-order valence-electron chi connectivity index (χ3n) is 4.15. The molecule has 1 aromatic heterocycles. The minimum Gasteiger partial charge on any atom is -0.454 e. The Kier molecular flexibility index (Phi) is 6.94. The van der Waals surface area contributed by atoms with Crippen LogP contribution in [0.15, 0.2) is 71.3 Å². The number of aryl methyl sites for hydroxylation is 1. The Morgan fingerprint density at radius 2 is 1.70 bits per heavy atom. The third kappa shape index (κ3) is 6.03. The molecule has 0 radical (unpaired) electrons. The van der Waals surface area contributed by atoms with Gasteiger partial charge in [0, 0.05) is 18.1 Å². The van der Waals surface area contributed by atoms with Gasteiger partial charge in [0.25, 0.3) is 11.8 Å². The van der Waals surface area contributed by atoms with Crippen molar-refractivity contribution in [1.82, 2.24) is 10.5 Å². The molecule has 0 aliphatic rings. The fourth-order valence-corrected chi connectivity index (χ4v) is 2.72. The maximum absolute atomic E-state index is 12.6. The van der Waals surface area contributed by atoms with E-state index in [1.807, 2.05) is 30.3 Å². The van der Waals surface area contributed by atoms with E-state index in [0.29, 0.717) is 11.3 Å². The number of nitrogens with zero attached hydrogens (tertiary/aromatic N) is 1. The lowest BCUT2D eigenvalue weighted by Crippen LogP contribution is -2.44. The molecule has 2 aromatic carbocycles. The molecule has 0 bridgehead atoms. The van der Waals surface area contributed by atoms with Gasteiger partial charge in [0.1, 0.15) is 11.8 Å². The highest BCUT2D eigenvalue weighted by Crippen LogP contribution is 2.08. The van der Waals surface area contributed by atoms with E-state index < -0.39 is 30.4 Å². The topological polar surface area (TPSA) is 111 Å². The van der Waals surface area contributed by atoms with E-state index in [1.165, 1.54) is 6.07 Å². The summed E-state index contributed by atoms with van der Waals surface area (Å²) in [7, 11) is 0. The Hall–Kier alpha value is -3.94. The van der Waals surface area contributed by atoms with Crippen molar-refractivity contribution in [1.29, 1.82) is 0 Å². The molecule has 2 N–H and O–H groups in total. The SMILES string of the molecule is Cc1cc(NC(=O)COC(=O)[C@@H](Cc2ccccc2)NC(=O)c2ccccc2)no1. The van der Waals surface area contributed by atoms with Crippen LogP contribution >= 0.6 is 0 Å². The van der Waals surface area contributed by atoms with Crippen LogP contribution in [-0.4, -0.2) is 35.6 Å². The predicted molar refractivity (Wildman–Crippen MR) is 109 cm³/mol. The lowest BCUT2D eigenvalue weighted by Gasteiger charge is -2.18. The number of aromatic nitrogens is 1. The van der Waals surface area contributed by atoms with Crippen LogP contribution in [-0.2, 0) is 20.7 Å². The van der Waals surface area contributed by atoms with Gasteiger partial charge >= 0.3 is 5.97 Å². The molecule has 30 heavy (non-hydrogen) atoms. The first kappa shape index (κ1) is 20.8. The van der Waals surface area contributed by atoms with Crippen LogP contribution in [0.4, 0.5) is 5.82 Å². The van der Waals surface area contributed by atoms with Crippen molar-refractivity contribution < 1.29 is 23.6 Å². The van der Waals surface area contributed by atoms with Gasteiger partial charge in [-0.25, -0.2) is 4.79 Å². The number of carbonyl (C=O) groups is 3. The number of esters is 1. The molecule has 3 aromatic rings. The molecular formula is C22H21N3O5. The fourth-order valence-electron chi connectivity index (χ4n) is 2.72. The van der Waals surface area contributed by atoms with Gasteiger partial charge in [0.05, 0.1) is 0 Å². The number of anilines is 1. The maximum atomic E-state index is 12.6. The summed E-state index contributed by atoms with van der Waals surface area (Å²) in [5.41, 5.74) is 1.26. The highest BCUT2D eigenvalue weighted by atomic mass is 16.5. The van der Waals surface area contributed by atoms with Crippen molar-refractivity contribution in [2.45, 2.75) is 19.4 Å². The average Bonchev–Trinajstić information content (AvgIpc) is 3.17. The molecule has 0 fully saturated rings. The van der Waals surface area contributed by atoms with Crippen LogP contribution in [0, 0.1) is 6.92 Å². The van der Waals surface area contributed by atoms with Gasteiger partial charge in [0.2, 0.25) is 0 Å². The number of hydrogen-bond donors (Lipinski definition) is 2. The average molecular weight is 407 g/mol. The van der Waals surface area contributed by atoms with E-state index in [4.69, 9.17) is 9.26 Å². The number of carbonyl (C=O) groups excluding carboxylic acids is 3. The summed E-state index contributed by atoms with van der Waals surface area (Å²) >= 11 is 0. The van der Waals surface area contributed by atoms with Crippen LogP contribution in [0.2, 0.25) is 0 Å². The molecule has 8 heteroatoms. The molecule has 0 aliphatic carbocycles. The normalized spacial score (nSPS) is 11.4. The van der Waals surface area contributed by atoms with Crippen LogP contribution in [0.1, 0.15) is 21.7 Å². The summed E-state index contributed by atoms with van der Waals surface area (Å²) in [6.07, 6.45) is 0.225. The number of ether oxygens (including phenoxy) is 1. The molecule has 8 nitrogen and oxygen atoms in total. The summed E-state index contributed by atoms with van der Waals surface area (Å²) in [6, 6.07) is 18.3. The van der Waals surface area contributed by atoms with Crippen molar-refractivity contribution in [3.8, 4) is 0 Å². The van der Waals surface area contributed by atoms with E-state index >= 15 is 0 Å². The molecule has 1 heterocycles. The number of amides is 2. The van der Waals surface area contributed by atoms with Gasteiger partial charge in [0.15, 0.2) is 12.4 Å². The number of nitrogens with one attached hydrogen (secondary N) is 2. The zero-order chi connectivity index (χ0) is 21.3. The van der Waals surface area contributed by atoms with Crippen LogP contribution in [0.25, 0.3) is 0 Å². The minimum absolute atomic E-state index is 0.225. The van der Waals surface area contributed by atoms with Gasteiger partial charge in [-0.05, 0) is 24.6 Å². The van der Waals surface area contributed by atoms with Crippen molar-refractivity contribution in [2.24, 2.45) is 0 Å². The smallest absolute Gasteiger partial charge is 0.329 e. The largest absolute Gasteiger partial charge is 0.454 e. The van der Waals surface area contributed by atoms with Crippen molar-refractivity contribution >= 4 is 23.6 Å². The molecule has 0 saturated carbocycles. The van der Waals surface area contributed by atoms with Crippen LogP contribution in [0.3, 0.4) is 0 Å². The molecule has 0 spiro atoms. The molecule has 0 unspecified atom stereocenters. The lowest BCUT2D eigenvalue weighted by molar-refractivity contribution is -0.149. The number of rotatable bonds is 8. The molecular weight excluding hydrogens is 386 g/mol. The van der Waals surface area contributed by atoms with Gasteiger partial charge in [-0.2, -0.15) is 0 Å². The van der Waals surface area contributed by atoms with Gasteiger partial charge < -0.3 is 19.9 Å². The quantitative estimate of drug-likeness (QED) is 0.555. The summed E-state index contributed by atoms with van der Waals surface area (Å²) in [6.45, 7) is 1.17. The van der Waals surface area contributed by atoms with Gasteiger partial charge in [-0.15, -0.1) is 0 Å². The van der Waals surface area contributed by atoms with Crippen LogP contribution in [0.5, 0.6) is 0 Å². The highest BCUT2D eigenvalue weighted by Gasteiger charge is 2.24. The fraction of sp³-hybridized carbons (Fsp3) is 0.182. The summed E-state index contributed by atoms with van der Waals surface area (Å²) in [5, 5.41) is 8.79. The first-order chi connectivity index (χ1) is 14.5. The lowest BCUT2D eigenvalue weighted by atomic mass is 10.1. The maximum Gasteiger partial charge on any atom is 0.329 e. The standard InChI is InChI=1S/C22H21N3O5/c1-15-12-19(25-30-15)24-20(26)14-29-22(28)18(13-16-8-4-2-5-9-16)23-21(27)17-10-6-3-7-11-17/h2-12,18H,13-14H2,1H3,(H,23,27)(H,24,25,26)/t18-/m1/s1. The third-order valence-corrected chi connectivity index (χ3v) is 4.15. The zero-order valence-corrected chi connectivity index (χ0v) is 16.3. The van der Waals surface area contributed by atoms with Gasteiger partial charge in [-0.3, -0.25) is 9.59 Å². The second kappa shape index (κ2) is 10.0. The van der Waals surface area contributed by atoms with E-state index in [2.05, 4.69) is 15.8 Å². The monoisotopic (exact) mass is 407 g/mol. The predicted octanol–water partition coefficient (Wildman–Crippen LogP) is 2.51. The molecule has 0 aliphatic heterocycles. The Labute approximate surface area is 173 Å². The Morgan fingerprint density at radius 3 is 2.33 bits per heavy atom. The van der Waals surface area contributed by atoms with E-state index in [9.17, 15) is 14.4 Å². The summed E-state index contributed by atoms with van der Waals surface area (Å²) < 4.78 is 9.99. The zero-order valence-electron chi connectivity index (χ0n) is 16.3. The number of hydrogen-bond acceptors (Lipinski definition) is 6. The van der Waals surface area contributed by atoms with Crippen LogP contribution < -0.4 is 10.6 Å². The first-order valence-electron chi connectivity index (χ1n) is 9.31. The molecule has 0 saturated heterocycles. The van der Waals surface area contributed by atoms with E-state index in [1.54, 1.807) is 37.3 Å². The molecule has 1 atom stereocenters. The molecule has 2 amide bonds. The molecule has 154 valence electrons. The minimum atomic E-state index is -0.956. The van der Waals surface area contributed by atoms with E-state index in [-0.39, 0.29) is 12.2 Å².